The zero-order valence-electron chi connectivity index (χ0n) is 17.2. The standard InChI is InChI=1S/C22H27N5O2/c1-15-11-20(24-21(23-15)18-7-5-4-6-8-18)26-10-9-19-12-27(17(3)29)14-22(19,13-26)25-16(2)28/h4-8,11,19H,9-10,12-14H2,1-3H3,(H,25,28)/t19-,22-/m1/s1. The largest absolute Gasteiger partial charge is 0.354 e. The molecular weight excluding hydrogens is 366 g/mol. The maximum atomic E-state index is 12.0. The molecule has 0 radical (unpaired) electrons. The number of carbonyl (C=O) groups is 2. The molecule has 1 aromatic heterocycles. The van der Waals surface area contributed by atoms with E-state index in [2.05, 4.69) is 15.2 Å². The molecule has 2 atom stereocenters. The number of likely N-dealkylation sites (tertiary alicyclic amines) is 1. The van der Waals surface area contributed by atoms with Gasteiger partial charge in [0.05, 0.1) is 5.54 Å². The van der Waals surface area contributed by atoms with E-state index >= 15 is 0 Å². The molecule has 152 valence electrons. The summed E-state index contributed by atoms with van der Waals surface area (Å²) < 4.78 is 0. The number of nitrogens with one attached hydrogen (secondary N) is 1. The summed E-state index contributed by atoms with van der Waals surface area (Å²) in [6.45, 7) is 7.81. The minimum absolute atomic E-state index is 0.0555. The minimum Gasteiger partial charge on any atom is -0.354 e. The fourth-order valence-corrected chi connectivity index (χ4v) is 4.65. The fourth-order valence-electron chi connectivity index (χ4n) is 4.65. The van der Waals surface area contributed by atoms with Crippen LogP contribution in [0.1, 0.15) is 26.0 Å². The van der Waals surface area contributed by atoms with Crippen molar-refractivity contribution in [2.24, 2.45) is 5.92 Å². The number of anilines is 1. The summed E-state index contributed by atoms with van der Waals surface area (Å²) in [7, 11) is 0. The Morgan fingerprint density at radius 1 is 1.14 bits per heavy atom. The van der Waals surface area contributed by atoms with E-state index < -0.39 is 5.54 Å². The van der Waals surface area contributed by atoms with E-state index in [4.69, 9.17) is 4.98 Å². The van der Waals surface area contributed by atoms with Crippen LogP contribution in [0, 0.1) is 12.8 Å². The van der Waals surface area contributed by atoms with Gasteiger partial charge in [0.15, 0.2) is 5.82 Å². The lowest BCUT2D eigenvalue weighted by molar-refractivity contribution is -0.128. The number of nitrogens with zero attached hydrogens (tertiary/aromatic N) is 4. The topological polar surface area (TPSA) is 78.4 Å². The Morgan fingerprint density at radius 2 is 1.90 bits per heavy atom. The Labute approximate surface area is 171 Å². The van der Waals surface area contributed by atoms with Gasteiger partial charge >= 0.3 is 0 Å². The number of benzene rings is 1. The van der Waals surface area contributed by atoms with Crippen molar-refractivity contribution in [1.82, 2.24) is 20.2 Å². The molecule has 0 spiro atoms. The molecule has 0 aliphatic carbocycles. The molecule has 7 nitrogen and oxygen atoms in total. The lowest BCUT2D eigenvalue weighted by Gasteiger charge is -2.44. The van der Waals surface area contributed by atoms with Crippen LogP contribution in [0.15, 0.2) is 36.4 Å². The highest BCUT2D eigenvalue weighted by Crippen LogP contribution is 2.37. The van der Waals surface area contributed by atoms with Crippen molar-refractivity contribution < 1.29 is 9.59 Å². The second kappa shape index (κ2) is 7.46. The van der Waals surface area contributed by atoms with Crippen LogP contribution in [0.3, 0.4) is 0 Å². The lowest BCUT2D eigenvalue weighted by atomic mass is 9.80. The van der Waals surface area contributed by atoms with E-state index in [-0.39, 0.29) is 17.7 Å². The highest BCUT2D eigenvalue weighted by Gasteiger charge is 2.51. The molecule has 4 rings (SSSR count). The fraction of sp³-hybridized carbons (Fsp3) is 0.455. The van der Waals surface area contributed by atoms with Crippen LogP contribution in [-0.4, -0.2) is 58.4 Å². The lowest BCUT2D eigenvalue weighted by Crippen LogP contribution is -2.63. The summed E-state index contributed by atoms with van der Waals surface area (Å²) in [5.41, 5.74) is 1.44. The van der Waals surface area contributed by atoms with E-state index in [9.17, 15) is 9.59 Å². The van der Waals surface area contributed by atoms with Gasteiger partial charge in [0.1, 0.15) is 5.82 Å². The van der Waals surface area contributed by atoms with Crippen molar-refractivity contribution in [2.75, 3.05) is 31.1 Å². The van der Waals surface area contributed by atoms with Gasteiger partial charge in [-0.1, -0.05) is 30.3 Å². The third kappa shape index (κ3) is 3.81. The third-order valence-corrected chi connectivity index (χ3v) is 5.98. The van der Waals surface area contributed by atoms with Crippen molar-refractivity contribution in [3.8, 4) is 11.4 Å². The summed E-state index contributed by atoms with van der Waals surface area (Å²) in [5, 5.41) is 3.18. The molecule has 2 fully saturated rings. The second-order valence-corrected chi connectivity index (χ2v) is 8.20. The van der Waals surface area contributed by atoms with E-state index in [0.717, 1.165) is 30.0 Å². The van der Waals surface area contributed by atoms with Gasteiger partial charge in [-0.15, -0.1) is 0 Å². The molecule has 0 bridgehead atoms. The molecular formula is C22H27N5O2. The molecule has 0 unspecified atom stereocenters. The van der Waals surface area contributed by atoms with E-state index in [1.54, 1.807) is 13.8 Å². The third-order valence-electron chi connectivity index (χ3n) is 5.98. The number of hydrogen-bond acceptors (Lipinski definition) is 5. The Kier molecular flexibility index (Phi) is 4.98. The number of carbonyl (C=O) groups excluding carboxylic acids is 2. The average Bonchev–Trinajstić information content (AvgIpc) is 3.06. The molecule has 7 heteroatoms. The molecule has 1 aromatic carbocycles. The second-order valence-electron chi connectivity index (χ2n) is 8.20. The van der Waals surface area contributed by atoms with Gasteiger partial charge in [0.25, 0.3) is 0 Å². The average molecular weight is 393 g/mol. The minimum atomic E-state index is -0.443. The van der Waals surface area contributed by atoms with E-state index in [1.807, 2.05) is 48.2 Å². The van der Waals surface area contributed by atoms with Gasteiger partial charge in [0, 0.05) is 63.3 Å². The first-order valence-corrected chi connectivity index (χ1v) is 10.1. The molecule has 2 aliphatic heterocycles. The van der Waals surface area contributed by atoms with Gasteiger partial charge in [-0.05, 0) is 13.3 Å². The zero-order chi connectivity index (χ0) is 20.6. The first-order valence-electron chi connectivity index (χ1n) is 10.1. The SMILES string of the molecule is CC(=O)N[C@]12CN(C(C)=O)C[C@H]1CCN(c1cc(C)nc(-c3ccccc3)n1)C2. The predicted molar refractivity (Wildman–Crippen MR) is 111 cm³/mol. The van der Waals surface area contributed by atoms with E-state index in [1.165, 1.54) is 0 Å². The van der Waals surface area contributed by atoms with Crippen LogP contribution in [0.4, 0.5) is 5.82 Å². The molecule has 2 amide bonds. The molecule has 29 heavy (non-hydrogen) atoms. The Bertz CT molecular complexity index is 932. The number of aromatic nitrogens is 2. The van der Waals surface area contributed by atoms with Gasteiger partial charge < -0.3 is 15.1 Å². The molecule has 1 N–H and O–H groups in total. The van der Waals surface area contributed by atoms with Crippen molar-refractivity contribution in [3.05, 3.63) is 42.1 Å². The van der Waals surface area contributed by atoms with Crippen LogP contribution in [-0.2, 0) is 9.59 Å². The van der Waals surface area contributed by atoms with Crippen LogP contribution >= 0.6 is 0 Å². The summed E-state index contributed by atoms with van der Waals surface area (Å²) in [5.74, 6) is 1.81. The first kappa shape index (κ1) is 19.4. The number of aryl methyl sites for hydroxylation is 1. The van der Waals surface area contributed by atoms with Crippen LogP contribution < -0.4 is 10.2 Å². The molecule has 3 heterocycles. The summed E-state index contributed by atoms with van der Waals surface area (Å²) >= 11 is 0. The Hall–Kier alpha value is -2.96. The number of fused-ring (bicyclic) bond motifs is 1. The molecule has 2 saturated heterocycles. The molecule has 2 aliphatic rings. The summed E-state index contributed by atoms with van der Waals surface area (Å²) in [6, 6.07) is 11.9. The van der Waals surface area contributed by atoms with Crippen molar-refractivity contribution in [3.63, 3.8) is 0 Å². The number of hydrogen-bond donors (Lipinski definition) is 1. The summed E-state index contributed by atoms with van der Waals surface area (Å²) in [6.07, 6.45) is 0.897. The van der Waals surface area contributed by atoms with Gasteiger partial charge in [0.2, 0.25) is 11.8 Å². The number of rotatable bonds is 3. The smallest absolute Gasteiger partial charge is 0.219 e. The van der Waals surface area contributed by atoms with Gasteiger partial charge in [-0.3, -0.25) is 9.59 Å². The molecule has 2 aromatic rings. The van der Waals surface area contributed by atoms with Crippen molar-refractivity contribution in [1.29, 1.82) is 0 Å². The van der Waals surface area contributed by atoms with E-state index in [0.29, 0.717) is 25.5 Å². The van der Waals surface area contributed by atoms with Gasteiger partial charge in [-0.2, -0.15) is 0 Å². The van der Waals surface area contributed by atoms with Crippen molar-refractivity contribution in [2.45, 2.75) is 32.7 Å². The Morgan fingerprint density at radius 3 is 2.59 bits per heavy atom. The normalized spacial score (nSPS) is 23.6. The monoisotopic (exact) mass is 393 g/mol. The zero-order valence-corrected chi connectivity index (χ0v) is 17.2. The molecule has 0 saturated carbocycles. The quantitative estimate of drug-likeness (QED) is 0.863. The predicted octanol–water partition coefficient (Wildman–Crippen LogP) is 2.02. The first-order chi connectivity index (χ1) is 13.9. The van der Waals surface area contributed by atoms with Crippen LogP contribution in [0.5, 0.6) is 0 Å². The van der Waals surface area contributed by atoms with Gasteiger partial charge in [-0.25, -0.2) is 9.97 Å². The number of piperidine rings is 1. The number of amides is 2. The van der Waals surface area contributed by atoms with Crippen molar-refractivity contribution >= 4 is 17.6 Å². The highest BCUT2D eigenvalue weighted by molar-refractivity contribution is 5.76. The Balaban J connectivity index is 1.66. The maximum absolute atomic E-state index is 12.0. The van der Waals surface area contributed by atoms with Crippen LogP contribution in [0.25, 0.3) is 11.4 Å². The summed E-state index contributed by atoms with van der Waals surface area (Å²) in [4.78, 5) is 37.5. The maximum Gasteiger partial charge on any atom is 0.219 e. The highest BCUT2D eigenvalue weighted by atomic mass is 16.2. The van der Waals surface area contributed by atoms with Crippen LogP contribution in [0.2, 0.25) is 0 Å².